The van der Waals surface area contributed by atoms with Gasteiger partial charge in [0, 0.05) is 0 Å². The van der Waals surface area contributed by atoms with Gasteiger partial charge in [-0.3, -0.25) is 0 Å². The molecule has 1 nitrogen and oxygen atoms in total. The zero-order chi connectivity index (χ0) is 17.8. The lowest BCUT2D eigenvalue weighted by Crippen LogP contribution is -2.07. The molecule has 0 heterocycles. The number of fused-ring (bicyclic) bond motifs is 1. The van der Waals surface area contributed by atoms with Gasteiger partial charge >= 0.3 is 0 Å². The Bertz CT molecular complexity index is 860. The minimum Gasteiger partial charge on any atom is -0.494 e. The Morgan fingerprint density at radius 2 is 1.46 bits per heavy atom. The molecule has 3 aromatic rings. The molecule has 3 aromatic carbocycles. The number of ether oxygens (including phenoxy) is 1. The second-order valence-electron chi connectivity index (χ2n) is 7.30. The zero-order valence-electron chi connectivity index (χ0n) is 15.5. The van der Waals surface area contributed by atoms with Crippen molar-refractivity contribution in [2.24, 2.45) is 0 Å². The maximum Gasteiger partial charge on any atom is 0.119 e. The van der Waals surface area contributed by atoms with Crippen LogP contribution in [0, 0.1) is 6.92 Å². The average molecular weight is 342 g/mol. The summed E-state index contributed by atoms with van der Waals surface area (Å²) in [4.78, 5) is 0. The quantitative estimate of drug-likeness (QED) is 0.467. The molecule has 0 radical (unpaired) electrons. The molecular weight excluding hydrogens is 316 g/mol. The van der Waals surface area contributed by atoms with Crippen molar-refractivity contribution in [2.45, 2.75) is 39.0 Å². The van der Waals surface area contributed by atoms with E-state index < -0.39 is 0 Å². The summed E-state index contributed by atoms with van der Waals surface area (Å²) in [6, 6.07) is 24.3. The van der Waals surface area contributed by atoms with Gasteiger partial charge in [-0.2, -0.15) is 0 Å². The Morgan fingerprint density at radius 3 is 2.15 bits per heavy atom. The molecule has 1 aliphatic rings. The molecule has 0 saturated heterocycles. The summed E-state index contributed by atoms with van der Waals surface area (Å²) >= 11 is 0. The van der Waals surface area contributed by atoms with E-state index in [1.165, 1.54) is 46.2 Å². The van der Waals surface area contributed by atoms with Crippen LogP contribution >= 0.6 is 0 Å². The molecule has 0 bridgehead atoms. The van der Waals surface area contributed by atoms with Crippen molar-refractivity contribution < 1.29 is 4.74 Å². The van der Waals surface area contributed by atoms with Crippen molar-refractivity contribution in [3.8, 4) is 16.9 Å². The van der Waals surface area contributed by atoms with Crippen LogP contribution in [-0.4, -0.2) is 6.61 Å². The predicted molar refractivity (Wildman–Crippen MR) is 109 cm³/mol. The summed E-state index contributed by atoms with van der Waals surface area (Å²) in [6.07, 6.45) is 5.85. The van der Waals surface area contributed by atoms with Gasteiger partial charge in [-0.1, -0.05) is 60.2 Å². The van der Waals surface area contributed by atoms with Crippen LogP contribution in [-0.2, 0) is 19.3 Å². The zero-order valence-corrected chi connectivity index (χ0v) is 15.5. The van der Waals surface area contributed by atoms with Crippen molar-refractivity contribution in [1.82, 2.24) is 0 Å². The Kier molecular flexibility index (Phi) is 5.06. The Labute approximate surface area is 156 Å². The smallest absolute Gasteiger partial charge is 0.119 e. The van der Waals surface area contributed by atoms with E-state index in [-0.39, 0.29) is 0 Å². The summed E-state index contributed by atoms with van der Waals surface area (Å²) in [6.45, 7) is 2.88. The summed E-state index contributed by atoms with van der Waals surface area (Å²) in [7, 11) is 0. The number of rotatable bonds is 7. The molecule has 0 N–H and O–H groups in total. The second-order valence-corrected chi connectivity index (χ2v) is 7.30. The lowest BCUT2D eigenvalue weighted by atomic mass is 9.86. The van der Waals surface area contributed by atoms with Gasteiger partial charge in [0.05, 0.1) is 6.61 Å². The standard InChI is InChI=1S/C25H26O/c1-19-5-15-25(16-6-19)26-17-3-2-4-20-7-9-21(10-8-20)23-13-11-22-12-14-24(22)18-23/h5-11,13,15-16,18H,2-4,12,14,17H2,1H3. The van der Waals surface area contributed by atoms with E-state index in [4.69, 9.17) is 4.74 Å². The molecule has 26 heavy (non-hydrogen) atoms. The Hall–Kier alpha value is -2.54. The summed E-state index contributed by atoms with van der Waals surface area (Å²) < 4.78 is 5.80. The van der Waals surface area contributed by atoms with Crippen LogP contribution in [0.15, 0.2) is 66.7 Å². The van der Waals surface area contributed by atoms with Crippen LogP contribution in [0.4, 0.5) is 0 Å². The molecule has 0 amide bonds. The fourth-order valence-electron chi connectivity index (χ4n) is 3.49. The normalized spacial score (nSPS) is 12.3. The van der Waals surface area contributed by atoms with Gasteiger partial charge < -0.3 is 4.74 Å². The van der Waals surface area contributed by atoms with Gasteiger partial charge in [-0.05, 0) is 79.0 Å². The third-order valence-corrected chi connectivity index (χ3v) is 5.31. The van der Waals surface area contributed by atoms with Crippen molar-refractivity contribution >= 4 is 0 Å². The highest BCUT2D eigenvalue weighted by Gasteiger charge is 2.13. The minimum atomic E-state index is 0.788. The van der Waals surface area contributed by atoms with Crippen molar-refractivity contribution in [3.63, 3.8) is 0 Å². The molecule has 0 fully saturated rings. The van der Waals surface area contributed by atoms with E-state index in [2.05, 4.69) is 61.5 Å². The topological polar surface area (TPSA) is 9.23 Å². The third kappa shape index (κ3) is 3.99. The monoisotopic (exact) mass is 342 g/mol. The molecule has 1 aliphatic carbocycles. The van der Waals surface area contributed by atoms with E-state index in [0.717, 1.165) is 31.6 Å². The van der Waals surface area contributed by atoms with Crippen LogP contribution in [0.3, 0.4) is 0 Å². The number of aryl methyl sites for hydroxylation is 4. The molecule has 1 heteroatoms. The molecule has 0 spiro atoms. The summed E-state index contributed by atoms with van der Waals surface area (Å²) in [5.74, 6) is 0.971. The second kappa shape index (κ2) is 7.78. The highest BCUT2D eigenvalue weighted by Crippen LogP contribution is 2.29. The van der Waals surface area contributed by atoms with Crippen LogP contribution < -0.4 is 4.74 Å². The van der Waals surface area contributed by atoms with Crippen LogP contribution in [0.1, 0.15) is 35.1 Å². The fraction of sp³-hybridized carbons (Fsp3) is 0.280. The molecule has 0 saturated carbocycles. The van der Waals surface area contributed by atoms with Crippen LogP contribution in [0.25, 0.3) is 11.1 Å². The number of hydrogen-bond acceptors (Lipinski definition) is 1. The summed E-state index contributed by atoms with van der Waals surface area (Å²) in [5, 5.41) is 0. The van der Waals surface area contributed by atoms with Crippen molar-refractivity contribution in [3.05, 3.63) is 89.0 Å². The van der Waals surface area contributed by atoms with Crippen LogP contribution in [0.2, 0.25) is 0 Å². The van der Waals surface area contributed by atoms with Gasteiger partial charge in [0.1, 0.15) is 5.75 Å². The maximum absolute atomic E-state index is 5.80. The average Bonchev–Trinajstić information content (AvgIpc) is 2.65. The van der Waals surface area contributed by atoms with Gasteiger partial charge in [0.25, 0.3) is 0 Å². The maximum atomic E-state index is 5.80. The summed E-state index contributed by atoms with van der Waals surface area (Å²) in [5.41, 5.74) is 8.41. The van der Waals surface area contributed by atoms with Crippen molar-refractivity contribution in [1.29, 1.82) is 0 Å². The molecule has 0 aliphatic heterocycles. The van der Waals surface area contributed by atoms with E-state index in [1.54, 1.807) is 0 Å². The van der Waals surface area contributed by atoms with Crippen LogP contribution in [0.5, 0.6) is 5.75 Å². The lowest BCUT2D eigenvalue weighted by molar-refractivity contribution is 0.307. The highest BCUT2D eigenvalue weighted by atomic mass is 16.5. The minimum absolute atomic E-state index is 0.788. The number of hydrogen-bond donors (Lipinski definition) is 0. The molecule has 4 rings (SSSR count). The largest absolute Gasteiger partial charge is 0.494 e. The first-order chi connectivity index (χ1) is 12.8. The van der Waals surface area contributed by atoms with Gasteiger partial charge in [0.15, 0.2) is 0 Å². The SMILES string of the molecule is Cc1ccc(OCCCCc2ccc(-c3ccc4c(c3)CC4)cc2)cc1. The molecule has 0 unspecified atom stereocenters. The van der Waals surface area contributed by atoms with E-state index in [1.807, 2.05) is 12.1 Å². The Morgan fingerprint density at radius 1 is 0.731 bits per heavy atom. The molecular formula is C25H26O. The van der Waals surface area contributed by atoms with E-state index >= 15 is 0 Å². The number of unbranched alkanes of at least 4 members (excludes halogenated alkanes) is 1. The van der Waals surface area contributed by atoms with E-state index in [9.17, 15) is 0 Å². The highest BCUT2D eigenvalue weighted by molar-refractivity contribution is 5.66. The first-order valence-corrected chi connectivity index (χ1v) is 9.68. The Balaban J connectivity index is 1.24. The van der Waals surface area contributed by atoms with E-state index in [0.29, 0.717) is 0 Å². The first kappa shape index (κ1) is 16.9. The predicted octanol–water partition coefficient (Wildman–Crippen LogP) is 6.16. The first-order valence-electron chi connectivity index (χ1n) is 9.68. The van der Waals surface area contributed by atoms with Gasteiger partial charge in [-0.25, -0.2) is 0 Å². The fourth-order valence-corrected chi connectivity index (χ4v) is 3.49. The van der Waals surface area contributed by atoms with Gasteiger partial charge in [0.2, 0.25) is 0 Å². The number of benzene rings is 3. The van der Waals surface area contributed by atoms with Crippen molar-refractivity contribution in [2.75, 3.05) is 6.61 Å². The lowest BCUT2D eigenvalue weighted by Gasteiger charge is -2.19. The third-order valence-electron chi connectivity index (χ3n) is 5.31. The van der Waals surface area contributed by atoms with Gasteiger partial charge in [-0.15, -0.1) is 0 Å². The molecule has 132 valence electrons. The molecule has 0 atom stereocenters. The molecule has 0 aromatic heterocycles.